The van der Waals surface area contributed by atoms with Gasteiger partial charge in [-0.2, -0.15) is 4.98 Å². The summed E-state index contributed by atoms with van der Waals surface area (Å²) in [5, 5.41) is 0. The number of ether oxygens (including phenoxy) is 3. The third-order valence-corrected chi connectivity index (χ3v) is 19.3. The molecule has 2 aliphatic heterocycles. The SMILES string of the molecule is O=c1nc(/N=C\N(Cc2ccccc2)Cc2ccccc2)n(Cc2ccccc2)c2c1ncn2[C@@H]1O[C@H](COP(=O)(OCc2ccccc2)N(Cc2ccccc2)P(=O)(OCc2ccccc2)OCc2ccccc2)[C@H]2OC(c3ccccc3)O[C@H]21. The van der Waals surface area contributed by atoms with Gasteiger partial charge in [-0.15, -0.1) is 4.44 Å². The highest BCUT2D eigenvalue weighted by molar-refractivity contribution is 7.66. The maximum absolute atomic E-state index is 16.5. The van der Waals surface area contributed by atoms with Gasteiger partial charge in [0.15, 0.2) is 23.7 Å². The molecule has 0 bridgehead atoms. The van der Waals surface area contributed by atoms with Crippen molar-refractivity contribution in [1.82, 2.24) is 28.4 Å². The summed E-state index contributed by atoms with van der Waals surface area (Å²) >= 11 is 0. The zero-order valence-corrected chi connectivity index (χ0v) is 48.7. The van der Waals surface area contributed by atoms with Crippen LogP contribution in [-0.2, 0) is 87.4 Å². The standard InChI is InChI=1S/C67H63N7O10P2/c75-63-60-64(72(43-53-29-13-3-14-30-53)67(70-63)69-49-71(41-51-25-9-1-10-26-51)42-52-27-11-2-12-28-52)73(50-68-60)65-62-61(83-66(84-62)58-39-23-8-24-40-58)59(82-65)48-81-86(77,80-47-57-37-21-7-22-38-57)74(44-54-31-15-4-16-32-54)85(76,78-45-55-33-17-5-18-34-55)79-46-56-35-19-6-20-36-56/h1-40,49-50,59,61-62,65-66H,41-48H2/b69-49-/t59-,61-,62-,65-,66?,86?/m1/s1. The van der Waals surface area contributed by atoms with Crippen molar-refractivity contribution in [1.29, 1.82) is 0 Å². The van der Waals surface area contributed by atoms with Crippen LogP contribution in [0.1, 0.15) is 57.0 Å². The van der Waals surface area contributed by atoms with Crippen molar-refractivity contribution in [2.24, 2.45) is 4.99 Å². The van der Waals surface area contributed by atoms with Crippen LogP contribution in [-0.4, -0.2) is 59.7 Å². The topological polar surface area (TPSA) is 170 Å². The van der Waals surface area contributed by atoms with Crippen LogP contribution in [0.2, 0.25) is 0 Å². The van der Waals surface area contributed by atoms with Gasteiger partial charge < -0.3 is 19.1 Å². The van der Waals surface area contributed by atoms with Crippen LogP contribution in [0.5, 0.6) is 0 Å². The second-order valence-electron chi connectivity index (χ2n) is 20.8. The largest absolute Gasteiger partial charge is 0.418 e. The summed E-state index contributed by atoms with van der Waals surface area (Å²) in [4.78, 5) is 30.8. The van der Waals surface area contributed by atoms with Crippen LogP contribution in [0.25, 0.3) is 11.2 Å². The van der Waals surface area contributed by atoms with Gasteiger partial charge >= 0.3 is 21.1 Å². The smallest absolute Gasteiger partial charge is 0.354 e. The zero-order chi connectivity index (χ0) is 58.6. The van der Waals surface area contributed by atoms with E-state index < -0.39 is 58.5 Å². The van der Waals surface area contributed by atoms with Crippen molar-refractivity contribution in [2.75, 3.05) is 6.61 Å². The van der Waals surface area contributed by atoms with Gasteiger partial charge in [0.05, 0.1) is 45.6 Å². The summed E-state index contributed by atoms with van der Waals surface area (Å²) in [6.07, 6.45) is -1.47. The molecule has 0 spiro atoms. The van der Waals surface area contributed by atoms with Gasteiger partial charge in [-0.3, -0.25) is 32.0 Å². The molecule has 8 aromatic carbocycles. The molecule has 4 heterocycles. The molecule has 10 aromatic rings. The Morgan fingerprint density at radius 1 is 0.500 bits per heavy atom. The first-order chi connectivity index (χ1) is 42.2. The first-order valence-corrected chi connectivity index (χ1v) is 31.3. The van der Waals surface area contributed by atoms with E-state index in [0.29, 0.717) is 41.0 Å². The minimum atomic E-state index is -4.88. The van der Waals surface area contributed by atoms with Crippen LogP contribution >= 0.6 is 15.5 Å². The molecule has 6 atom stereocenters. The van der Waals surface area contributed by atoms with E-state index in [0.717, 1.165) is 26.7 Å². The number of fused-ring (bicyclic) bond motifs is 2. The van der Waals surface area contributed by atoms with Gasteiger partial charge in [0.25, 0.3) is 0 Å². The van der Waals surface area contributed by atoms with E-state index in [1.807, 2.05) is 223 Å². The molecule has 86 heavy (non-hydrogen) atoms. The lowest BCUT2D eigenvalue weighted by Crippen LogP contribution is -2.33. The molecule has 0 aliphatic carbocycles. The number of hydrogen-bond acceptors (Lipinski definition) is 13. The Kier molecular flexibility index (Phi) is 18.5. The fourth-order valence-electron chi connectivity index (χ4n) is 10.4. The molecular formula is C67H63N7O10P2. The fraction of sp³-hybridized carbons (Fsp3) is 0.194. The monoisotopic (exact) mass is 1190 g/mol. The normalized spacial score (nSPS) is 18.4. The highest BCUT2D eigenvalue weighted by Crippen LogP contribution is 2.70. The fourth-order valence-corrected chi connectivity index (χ4v) is 14.7. The molecule has 0 saturated carbocycles. The third-order valence-electron chi connectivity index (χ3n) is 14.7. The maximum Gasteiger partial charge on any atom is 0.418 e. The Labute approximate surface area is 498 Å². The molecule has 2 unspecified atom stereocenters. The van der Waals surface area contributed by atoms with Gasteiger partial charge in [0.1, 0.15) is 18.3 Å². The predicted octanol–water partition coefficient (Wildman–Crippen LogP) is 13.8. The summed E-state index contributed by atoms with van der Waals surface area (Å²) in [6.45, 7) is 0.0272. The summed E-state index contributed by atoms with van der Waals surface area (Å²) in [7, 11) is -9.59. The second-order valence-corrected chi connectivity index (χ2v) is 25.0. The van der Waals surface area contributed by atoms with Crippen LogP contribution < -0.4 is 5.56 Å². The average molecular weight is 1190 g/mol. The van der Waals surface area contributed by atoms with E-state index in [1.54, 1.807) is 10.9 Å². The summed E-state index contributed by atoms with van der Waals surface area (Å²) in [6, 6.07) is 76.3. The van der Waals surface area contributed by atoms with E-state index in [1.165, 1.54) is 6.33 Å². The Bertz CT molecular complexity index is 3890. The predicted molar refractivity (Wildman–Crippen MR) is 327 cm³/mol. The number of benzene rings is 8. The molecule has 436 valence electrons. The first-order valence-electron chi connectivity index (χ1n) is 28.3. The summed E-state index contributed by atoms with van der Waals surface area (Å²) in [5.41, 5.74) is 6.30. The van der Waals surface area contributed by atoms with Gasteiger partial charge in [-0.25, -0.2) is 19.1 Å². The molecule has 2 aromatic heterocycles. The molecule has 2 saturated heterocycles. The molecular weight excluding hydrogens is 1120 g/mol. The Hall–Kier alpha value is -8.28. The Balaban J connectivity index is 0.938. The second kappa shape index (κ2) is 27.4. The van der Waals surface area contributed by atoms with Gasteiger partial charge in [0.2, 0.25) is 5.95 Å². The molecule has 0 amide bonds. The average Bonchev–Trinajstić information content (AvgIpc) is 1.83. The summed E-state index contributed by atoms with van der Waals surface area (Å²) < 4.78 is 84.3. The van der Waals surface area contributed by atoms with E-state index in [9.17, 15) is 4.79 Å². The third kappa shape index (κ3) is 14.0. The molecule has 17 nitrogen and oxygen atoms in total. The molecule has 12 rings (SSSR count). The highest BCUT2D eigenvalue weighted by Gasteiger charge is 2.56. The number of aliphatic imine (C=N–C) groups is 1. The number of imidazole rings is 1. The Morgan fingerprint density at radius 3 is 1.41 bits per heavy atom. The van der Waals surface area contributed by atoms with Crippen LogP contribution in [0.3, 0.4) is 0 Å². The zero-order valence-electron chi connectivity index (χ0n) is 46.9. The number of rotatable bonds is 26. The molecule has 2 aliphatic rings. The van der Waals surface area contributed by atoms with E-state index >= 15 is 9.13 Å². The van der Waals surface area contributed by atoms with Crippen molar-refractivity contribution >= 4 is 38.9 Å². The quantitative estimate of drug-likeness (QED) is 0.0285. The van der Waals surface area contributed by atoms with E-state index in [-0.39, 0.29) is 44.4 Å². The van der Waals surface area contributed by atoms with Crippen molar-refractivity contribution in [2.45, 2.75) is 76.8 Å². The Morgan fingerprint density at radius 2 is 0.919 bits per heavy atom. The lowest BCUT2D eigenvalue weighted by Gasteiger charge is -2.35. The maximum atomic E-state index is 16.5. The molecule has 0 N–H and O–H groups in total. The minimum Gasteiger partial charge on any atom is -0.354 e. The van der Waals surface area contributed by atoms with E-state index in [4.69, 9.17) is 42.3 Å². The lowest BCUT2D eigenvalue weighted by atomic mass is 10.1. The van der Waals surface area contributed by atoms with E-state index in [2.05, 4.69) is 34.1 Å². The van der Waals surface area contributed by atoms with Gasteiger partial charge in [-0.1, -0.05) is 243 Å². The molecule has 0 radical (unpaired) electrons. The number of nitrogens with zero attached hydrogens (tertiary/aromatic N) is 7. The number of aromatic nitrogens is 4. The van der Waals surface area contributed by atoms with Crippen LogP contribution in [0.15, 0.2) is 259 Å². The van der Waals surface area contributed by atoms with Gasteiger partial charge in [0, 0.05) is 25.2 Å². The van der Waals surface area contributed by atoms with Crippen LogP contribution in [0, 0.1) is 0 Å². The van der Waals surface area contributed by atoms with Crippen LogP contribution in [0.4, 0.5) is 5.95 Å². The van der Waals surface area contributed by atoms with Gasteiger partial charge in [-0.05, 0) is 38.9 Å². The van der Waals surface area contributed by atoms with Crippen molar-refractivity contribution < 1.29 is 41.4 Å². The van der Waals surface area contributed by atoms with Crippen molar-refractivity contribution in [3.05, 3.63) is 304 Å². The van der Waals surface area contributed by atoms with Crippen molar-refractivity contribution in [3.8, 4) is 0 Å². The molecule has 19 heteroatoms. The minimum absolute atomic E-state index is 0.0702. The number of hydrogen-bond donors (Lipinski definition) is 0. The highest BCUT2D eigenvalue weighted by atomic mass is 31.3. The molecule has 2 fully saturated rings. The lowest BCUT2D eigenvalue weighted by molar-refractivity contribution is -0.152. The first kappa shape index (κ1) is 58.1. The summed E-state index contributed by atoms with van der Waals surface area (Å²) in [5.74, 6) is 0.128. The van der Waals surface area contributed by atoms with Crippen molar-refractivity contribution in [3.63, 3.8) is 0 Å².